The standard InChI is InChI=1S/C16H18O2S/c1-3-13(17)12-8-4-6-10-15(12)19-16-11-7-5-9-14(16)18-2/h4-11,13,17H,3H2,1-2H3/t13-/m0/s1. The van der Waals surface area contributed by atoms with Crippen molar-refractivity contribution in [2.75, 3.05) is 7.11 Å². The number of hydrogen-bond donors (Lipinski definition) is 1. The highest BCUT2D eigenvalue weighted by atomic mass is 32.2. The summed E-state index contributed by atoms with van der Waals surface area (Å²) in [5, 5.41) is 10.1. The fourth-order valence-electron chi connectivity index (χ4n) is 1.89. The summed E-state index contributed by atoms with van der Waals surface area (Å²) < 4.78 is 5.36. The van der Waals surface area contributed by atoms with Crippen molar-refractivity contribution < 1.29 is 9.84 Å². The molecule has 0 radical (unpaired) electrons. The average Bonchev–Trinajstić information content (AvgIpc) is 2.47. The predicted molar refractivity (Wildman–Crippen MR) is 78.8 cm³/mol. The summed E-state index contributed by atoms with van der Waals surface area (Å²) in [5.41, 5.74) is 0.973. The molecule has 2 aromatic rings. The molecular weight excluding hydrogens is 256 g/mol. The molecule has 0 unspecified atom stereocenters. The molecule has 2 aromatic carbocycles. The molecule has 0 saturated heterocycles. The predicted octanol–water partition coefficient (Wildman–Crippen LogP) is 4.29. The number of aliphatic hydroxyl groups is 1. The largest absolute Gasteiger partial charge is 0.496 e. The lowest BCUT2D eigenvalue weighted by Gasteiger charge is -2.14. The first-order chi connectivity index (χ1) is 9.26. The smallest absolute Gasteiger partial charge is 0.132 e. The Morgan fingerprint density at radius 1 is 1.05 bits per heavy atom. The van der Waals surface area contributed by atoms with Crippen LogP contribution in [0.5, 0.6) is 5.75 Å². The maximum atomic E-state index is 10.1. The fourth-order valence-corrected chi connectivity index (χ4v) is 2.99. The van der Waals surface area contributed by atoms with Gasteiger partial charge in [0.15, 0.2) is 0 Å². The van der Waals surface area contributed by atoms with E-state index in [0.717, 1.165) is 21.1 Å². The van der Waals surface area contributed by atoms with Crippen LogP contribution in [0.1, 0.15) is 25.0 Å². The van der Waals surface area contributed by atoms with E-state index in [1.165, 1.54) is 0 Å². The number of benzene rings is 2. The quantitative estimate of drug-likeness (QED) is 0.882. The van der Waals surface area contributed by atoms with E-state index in [9.17, 15) is 5.11 Å². The van der Waals surface area contributed by atoms with Gasteiger partial charge in [-0.3, -0.25) is 0 Å². The van der Waals surface area contributed by atoms with E-state index in [-0.39, 0.29) is 0 Å². The molecule has 0 aliphatic carbocycles. The van der Waals surface area contributed by atoms with Gasteiger partial charge in [-0.1, -0.05) is 49.0 Å². The van der Waals surface area contributed by atoms with E-state index in [2.05, 4.69) is 0 Å². The Balaban J connectivity index is 2.33. The van der Waals surface area contributed by atoms with Crippen LogP contribution in [0.2, 0.25) is 0 Å². The molecule has 0 heterocycles. The highest BCUT2D eigenvalue weighted by Crippen LogP contribution is 2.38. The number of methoxy groups -OCH3 is 1. The van der Waals surface area contributed by atoms with Crippen LogP contribution in [-0.2, 0) is 0 Å². The van der Waals surface area contributed by atoms with E-state index in [0.29, 0.717) is 6.42 Å². The van der Waals surface area contributed by atoms with Gasteiger partial charge in [0.25, 0.3) is 0 Å². The molecule has 0 spiro atoms. The SMILES string of the molecule is CC[C@H](O)c1ccccc1Sc1ccccc1OC. The summed E-state index contributed by atoms with van der Waals surface area (Å²) in [7, 11) is 1.67. The van der Waals surface area contributed by atoms with Crippen molar-refractivity contribution in [2.24, 2.45) is 0 Å². The van der Waals surface area contributed by atoms with Gasteiger partial charge in [0.1, 0.15) is 5.75 Å². The summed E-state index contributed by atoms with van der Waals surface area (Å²) in [4.78, 5) is 2.13. The van der Waals surface area contributed by atoms with Crippen molar-refractivity contribution in [1.82, 2.24) is 0 Å². The molecule has 0 bridgehead atoms. The van der Waals surface area contributed by atoms with Gasteiger partial charge < -0.3 is 9.84 Å². The molecule has 19 heavy (non-hydrogen) atoms. The van der Waals surface area contributed by atoms with Gasteiger partial charge >= 0.3 is 0 Å². The highest BCUT2D eigenvalue weighted by molar-refractivity contribution is 7.99. The Bertz CT molecular complexity index is 540. The van der Waals surface area contributed by atoms with Gasteiger partial charge in [0, 0.05) is 4.90 Å². The van der Waals surface area contributed by atoms with Crippen molar-refractivity contribution in [3.8, 4) is 5.75 Å². The normalized spacial score (nSPS) is 12.2. The zero-order valence-electron chi connectivity index (χ0n) is 11.2. The van der Waals surface area contributed by atoms with Crippen LogP contribution in [0.4, 0.5) is 0 Å². The maximum absolute atomic E-state index is 10.1. The lowest BCUT2D eigenvalue weighted by Crippen LogP contribution is -1.97. The summed E-state index contributed by atoms with van der Waals surface area (Å²) >= 11 is 1.62. The van der Waals surface area contributed by atoms with Crippen molar-refractivity contribution in [2.45, 2.75) is 29.2 Å². The first-order valence-electron chi connectivity index (χ1n) is 6.34. The Kier molecular flexibility index (Phi) is 4.88. The van der Waals surface area contributed by atoms with E-state index < -0.39 is 6.10 Å². The number of hydrogen-bond acceptors (Lipinski definition) is 3. The lowest BCUT2D eigenvalue weighted by molar-refractivity contribution is 0.171. The van der Waals surface area contributed by atoms with E-state index in [1.54, 1.807) is 18.9 Å². The van der Waals surface area contributed by atoms with Gasteiger partial charge in [-0.15, -0.1) is 0 Å². The lowest BCUT2D eigenvalue weighted by atomic mass is 10.1. The average molecular weight is 274 g/mol. The molecule has 0 aliphatic heterocycles. The molecule has 0 aromatic heterocycles. The van der Waals surface area contributed by atoms with Gasteiger partial charge in [0.05, 0.1) is 18.1 Å². The molecule has 0 amide bonds. The van der Waals surface area contributed by atoms with Crippen LogP contribution in [0, 0.1) is 0 Å². The number of para-hydroxylation sites is 1. The minimum Gasteiger partial charge on any atom is -0.496 e. The zero-order valence-corrected chi connectivity index (χ0v) is 12.0. The second-order valence-electron chi connectivity index (χ2n) is 4.21. The van der Waals surface area contributed by atoms with Crippen molar-refractivity contribution in [3.05, 3.63) is 54.1 Å². The van der Waals surface area contributed by atoms with Crippen molar-refractivity contribution in [3.63, 3.8) is 0 Å². The van der Waals surface area contributed by atoms with Crippen LogP contribution in [0.3, 0.4) is 0 Å². The fraction of sp³-hybridized carbons (Fsp3) is 0.250. The summed E-state index contributed by atoms with van der Waals surface area (Å²) in [5.74, 6) is 0.855. The van der Waals surface area contributed by atoms with E-state index in [1.807, 2.05) is 55.5 Å². The highest BCUT2D eigenvalue weighted by Gasteiger charge is 2.12. The van der Waals surface area contributed by atoms with E-state index >= 15 is 0 Å². The molecule has 2 nitrogen and oxygen atoms in total. The van der Waals surface area contributed by atoms with Gasteiger partial charge in [0.2, 0.25) is 0 Å². The van der Waals surface area contributed by atoms with Crippen molar-refractivity contribution >= 4 is 11.8 Å². The molecular formula is C16H18O2S. The number of rotatable bonds is 5. The summed E-state index contributed by atoms with van der Waals surface area (Å²) in [6, 6.07) is 15.9. The molecule has 2 rings (SSSR count). The third-order valence-electron chi connectivity index (χ3n) is 2.95. The molecule has 0 aliphatic rings. The number of aliphatic hydroxyl groups excluding tert-OH is 1. The molecule has 0 saturated carbocycles. The first kappa shape index (κ1) is 14.0. The minimum atomic E-state index is -0.418. The maximum Gasteiger partial charge on any atom is 0.132 e. The summed E-state index contributed by atoms with van der Waals surface area (Å²) in [6.07, 6.45) is 0.294. The summed E-state index contributed by atoms with van der Waals surface area (Å²) in [6.45, 7) is 1.98. The number of ether oxygens (including phenoxy) is 1. The molecule has 1 N–H and O–H groups in total. The first-order valence-corrected chi connectivity index (χ1v) is 7.15. The van der Waals surface area contributed by atoms with Crippen LogP contribution in [0.15, 0.2) is 58.3 Å². The molecule has 100 valence electrons. The van der Waals surface area contributed by atoms with Crippen LogP contribution < -0.4 is 4.74 Å². The van der Waals surface area contributed by atoms with Gasteiger partial charge in [-0.2, -0.15) is 0 Å². The van der Waals surface area contributed by atoms with Gasteiger partial charge in [-0.25, -0.2) is 0 Å². The monoisotopic (exact) mass is 274 g/mol. The van der Waals surface area contributed by atoms with Gasteiger partial charge in [-0.05, 0) is 30.2 Å². The molecule has 1 atom stereocenters. The molecule has 0 fully saturated rings. The second-order valence-corrected chi connectivity index (χ2v) is 5.30. The zero-order chi connectivity index (χ0) is 13.7. The van der Waals surface area contributed by atoms with Crippen molar-refractivity contribution in [1.29, 1.82) is 0 Å². The Hall–Kier alpha value is -1.45. The van der Waals surface area contributed by atoms with Crippen LogP contribution in [0.25, 0.3) is 0 Å². The van der Waals surface area contributed by atoms with Crippen LogP contribution in [-0.4, -0.2) is 12.2 Å². The third-order valence-corrected chi connectivity index (χ3v) is 4.10. The molecule has 3 heteroatoms. The Morgan fingerprint density at radius 2 is 1.68 bits per heavy atom. The van der Waals surface area contributed by atoms with E-state index in [4.69, 9.17) is 4.74 Å². The topological polar surface area (TPSA) is 29.5 Å². The Morgan fingerprint density at radius 3 is 2.37 bits per heavy atom. The minimum absolute atomic E-state index is 0.418. The second kappa shape index (κ2) is 6.64. The van der Waals surface area contributed by atoms with Crippen LogP contribution >= 0.6 is 11.8 Å². The Labute approximate surface area is 118 Å². The third kappa shape index (κ3) is 3.31.